The number of halogens is 1. The maximum atomic E-state index is 5.74. The fraction of sp³-hybridized carbons (Fsp3) is 0.632. The molecule has 1 unspecified atom stereocenters. The molecule has 0 aliphatic carbocycles. The summed E-state index contributed by atoms with van der Waals surface area (Å²) >= 11 is 0. The predicted octanol–water partition coefficient (Wildman–Crippen LogP) is 3.33. The van der Waals surface area contributed by atoms with E-state index in [1.165, 1.54) is 25.8 Å². The van der Waals surface area contributed by atoms with E-state index in [1.807, 2.05) is 18.2 Å². The fourth-order valence-corrected chi connectivity index (χ4v) is 3.36. The van der Waals surface area contributed by atoms with Crippen molar-refractivity contribution in [1.29, 1.82) is 0 Å². The predicted molar refractivity (Wildman–Crippen MR) is 117 cm³/mol. The smallest absolute Gasteiger partial charge is 0.195 e. The summed E-state index contributed by atoms with van der Waals surface area (Å²) in [5, 5.41) is 6.74. The topological polar surface area (TPSA) is 58.1 Å². The van der Waals surface area contributed by atoms with Crippen molar-refractivity contribution < 1.29 is 9.47 Å². The average Bonchev–Trinajstić information content (AvgIpc) is 2.87. The number of fused-ring (bicyclic) bond motifs is 1. The van der Waals surface area contributed by atoms with Crippen LogP contribution in [0.25, 0.3) is 0 Å². The highest BCUT2D eigenvalue weighted by Crippen LogP contribution is 2.32. The zero-order valence-corrected chi connectivity index (χ0v) is 18.1. The molecular weight excluding hydrogens is 443 g/mol. The SMILES string of the molecule is CN=C(NCCN1CCCCC1C)Nc1ccc2c(c1)OCCCO2.I. The summed E-state index contributed by atoms with van der Waals surface area (Å²) in [6.07, 6.45) is 4.90. The Kier molecular flexibility index (Phi) is 8.77. The number of ether oxygens (including phenoxy) is 2. The van der Waals surface area contributed by atoms with Crippen LogP contribution in [-0.4, -0.2) is 56.8 Å². The zero-order chi connectivity index (χ0) is 17.5. The van der Waals surface area contributed by atoms with E-state index in [9.17, 15) is 0 Å². The van der Waals surface area contributed by atoms with Gasteiger partial charge in [0.25, 0.3) is 0 Å². The van der Waals surface area contributed by atoms with Gasteiger partial charge in [0.15, 0.2) is 17.5 Å². The van der Waals surface area contributed by atoms with Crippen molar-refractivity contribution >= 4 is 35.6 Å². The molecule has 1 atom stereocenters. The molecule has 6 nitrogen and oxygen atoms in total. The van der Waals surface area contributed by atoms with Gasteiger partial charge in [-0.3, -0.25) is 9.89 Å². The normalized spacial score (nSPS) is 20.7. The second-order valence-corrected chi connectivity index (χ2v) is 6.72. The molecule has 1 saturated heterocycles. The number of aliphatic imine (C=N–C) groups is 1. The fourth-order valence-electron chi connectivity index (χ4n) is 3.36. The summed E-state index contributed by atoms with van der Waals surface area (Å²) in [4.78, 5) is 6.87. The van der Waals surface area contributed by atoms with Crippen LogP contribution in [0.5, 0.6) is 11.5 Å². The highest BCUT2D eigenvalue weighted by molar-refractivity contribution is 14.0. The number of piperidine rings is 1. The quantitative estimate of drug-likeness (QED) is 0.399. The van der Waals surface area contributed by atoms with E-state index < -0.39 is 0 Å². The number of hydrogen-bond acceptors (Lipinski definition) is 4. The minimum Gasteiger partial charge on any atom is -0.490 e. The van der Waals surface area contributed by atoms with Gasteiger partial charge in [0.05, 0.1) is 13.2 Å². The van der Waals surface area contributed by atoms with E-state index in [2.05, 4.69) is 27.4 Å². The lowest BCUT2D eigenvalue weighted by molar-refractivity contribution is 0.164. The number of nitrogens with zero attached hydrogens (tertiary/aromatic N) is 2. The average molecular weight is 474 g/mol. The van der Waals surface area contributed by atoms with E-state index in [0.29, 0.717) is 19.3 Å². The van der Waals surface area contributed by atoms with Gasteiger partial charge in [-0.05, 0) is 38.4 Å². The van der Waals surface area contributed by atoms with Crippen LogP contribution in [-0.2, 0) is 0 Å². The Morgan fingerprint density at radius 3 is 2.77 bits per heavy atom. The van der Waals surface area contributed by atoms with Crippen molar-refractivity contribution in [3.63, 3.8) is 0 Å². The van der Waals surface area contributed by atoms with Crippen molar-refractivity contribution in [1.82, 2.24) is 10.2 Å². The summed E-state index contributed by atoms with van der Waals surface area (Å²) < 4.78 is 11.4. The summed E-state index contributed by atoms with van der Waals surface area (Å²) in [6, 6.07) is 6.60. The lowest BCUT2D eigenvalue weighted by Gasteiger charge is -2.33. The van der Waals surface area contributed by atoms with Crippen molar-refractivity contribution in [2.45, 2.75) is 38.6 Å². The molecule has 0 aromatic heterocycles. The molecule has 1 aromatic carbocycles. The molecule has 3 rings (SSSR count). The lowest BCUT2D eigenvalue weighted by atomic mass is 10.0. The number of nitrogens with one attached hydrogen (secondary N) is 2. The minimum absolute atomic E-state index is 0. The van der Waals surface area contributed by atoms with Crippen LogP contribution in [0.1, 0.15) is 32.6 Å². The van der Waals surface area contributed by atoms with Gasteiger partial charge in [0.2, 0.25) is 0 Å². The van der Waals surface area contributed by atoms with Gasteiger partial charge in [-0.25, -0.2) is 0 Å². The van der Waals surface area contributed by atoms with Gasteiger partial charge < -0.3 is 20.1 Å². The number of benzene rings is 1. The largest absolute Gasteiger partial charge is 0.490 e. The molecule has 2 N–H and O–H groups in total. The summed E-state index contributed by atoms with van der Waals surface area (Å²) in [7, 11) is 1.79. The molecule has 0 radical (unpaired) electrons. The lowest BCUT2D eigenvalue weighted by Crippen LogP contribution is -2.43. The molecule has 26 heavy (non-hydrogen) atoms. The van der Waals surface area contributed by atoms with Crippen LogP contribution in [0.2, 0.25) is 0 Å². The molecule has 2 aliphatic heterocycles. The van der Waals surface area contributed by atoms with Crippen LogP contribution < -0.4 is 20.1 Å². The Hall–Kier alpha value is -1.22. The Morgan fingerprint density at radius 1 is 1.19 bits per heavy atom. The van der Waals surface area contributed by atoms with Gasteiger partial charge in [-0.15, -0.1) is 24.0 Å². The highest BCUT2D eigenvalue weighted by Gasteiger charge is 2.17. The highest BCUT2D eigenvalue weighted by atomic mass is 127. The summed E-state index contributed by atoms with van der Waals surface area (Å²) in [5.74, 6) is 2.38. The third-order valence-electron chi connectivity index (χ3n) is 4.87. The first kappa shape index (κ1) is 21.1. The Balaban J connectivity index is 0.00000243. The number of rotatable bonds is 4. The first-order chi connectivity index (χ1) is 12.3. The third-order valence-corrected chi connectivity index (χ3v) is 4.87. The zero-order valence-electron chi connectivity index (χ0n) is 15.8. The molecule has 0 amide bonds. The molecule has 0 spiro atoms. The number of hydrogen-bond donors (Lipinski definition) is 2. The first-order valence-corrected chi connectivity index (χ1v) is 9.37. The van der Waals surface area contributed by atoms with Gasteiger partial charge >= 0.3 is 0 Å². The Bertz CT molecular complexity index is 597. The number of likely N-dealkylation sites (tertiary alicyclic amines) is 1. The molecule has 2 aliphatic rings. The van der Waals surface area contributed by atoms with Gasteiger partial charge in [0.1, 0.15) is 0 Å². The van der Waals surface area contributed by atoms with Crippen LogP contribution in [0, 0.1) is 0 Å². The maximum absolute atomic E-state index is 5.74. The number of anilines is 1. The molecule has 0 saturated carbocycles. The van der Waals surface area contributed by atoms with E-state index in [0.717, 1.165) is 42.7 Å². The van der Waals surface area contributed by atoms with Crippen molar-refractivity contribution in [3.8, 4) is 11.5 Å². The van der Waals surface area contributed by atoms with E-state index in [-0.39, 0.29) is 24.0 Å². The molecule has 7 heteroatoms. The second kappa shape index (κ2) is 10.8. The number of guanidine groups is 1. The minimum atomic E-state index is 0. The van der Waals surface area contributed by atoms with Crippen molar-refractivity contribution in [3.05, 3.63) is 18.2 Å². The Labute approximate surface area is 173 Å². The van der Waals surface area contributed by atoms with Crippen LogP contribution >= 0.6 is 24.0 Å². The van der Waals surface area contributed by atoms with Crippen molar-refractivity contribution in [2.24, 2.45) is 4.99 Å². The van der Waals surface area contributed by atoms with E-state index in [4.69, 9.17) is 9.47 Å². The molecular formula is C19H31IN4O2. The third kappa shape index (κ3) is 5.90. The second-order valence-electron chi connectivity index (χ2n) is 6.72. The molecule has 1 fully saturated rings. The van der Waals surface area contributed by atoms with Crippen LogP contribution in [0.15, 0.2) is 23.2 Å². The molecule has 1 aromatic rings. The summed E-state index contributed by atoms with van der Waals surface area (Å²) in [5.41, 5.74) is 0.948. The van der Waals surface area contributed by atoms with Crippen molar-refractivity contribution in [2.75, 3.05) is 45.2 Å². The molecule has 146 valence electrons. The molecule has 0 bridgehead atoms. The van der Waals surface area contributed by atoms with Gasteiger partial charge in [-0.1, -0.05) is 6.42 Å². The monoisotopic (exact) mass is 474 g/mol. The Morgan fingerprint density at radius 2 is 2.00 bits per heavy atom. The van der Waals surface area contributed by atoms with E-state index >= 15 is 0 Å². The standard InChI is InChI=1S/C19H30N4O2.HI/c1-15-6-3-4-10-23(15)11-9-21-19(20-2)22-16-7-8-17-18(14-16)25-13-5-12-24-17;/h7-8,14-15H,3-6,9-13H2,1-2H3,(H2,20,21,22);1H. The van der Waals surface area contributed by atoms with Crippen LogP contribution in [0.3, 0.4) is 0 Å². The molecule has 2 heterocycles. The van der Waals surface area contributed by atoms with Gasteiger partial charge in [-0.2, -0.15) is 0 Å². The van der Waals surface area contributed by atoms with Gasteiger partial charge in [0, 0.05) is 44.4 Å². The maximum Gasteiger partial charge on any atom is 0.195 e. The summed E-state index contributed by atoms with van der Waals surface area (Å²) in [6.45, 7) is 6.86. The van der Waals surface area contributed by atoms with Crippen LogP contribution in [0.4, 0.5) is 5.69 Å². The van der Waals surface area contributed by atoms with E-state index in [1.54, 1.807) is 7.05 Å². The first-order valence-electron chi connectivity index (χ1n) is 9.37.